The molecule has 194 valence electrons. The quantitative estimate of drug-likeness (QED) is 0.328. The third kappa shape index (κ3) is 6.11. The van der Waals surface area contributed by atoms with Crippen molar-refractivity contribution in [3.63, 3.8) is 0 Å². The van der Waals surface area contributed by atoms with Gasteiger partial charge in [-0.2, -0.15) is 17.0 Å². The third-order valence-electron chi connectivity index (χ3n) is 7.46. The maximum absolute atomic E-state index is 13.6. The van der Waals surface area contributed by atoms with Crippen molar-refractivity contribution in [2.75, 3.05) is 57.8 Å². The average Bonchev–Trinajstić information content (AvgIpc) is 3.37. The summed E-state index contributed by atoms with van der Waals surface area (Å²) in [5.41, 5.74) is 2.18. The maximum atomic E-state index is 13.6. The van der Waals surface area contributed by atoms with Crippen LogP contribution >= 0.6 is 46.3 Å². The Bertz CT molecular complexity index is 1310. The molecule has 1 aromatic heterocycles. The minimum Gasteiger partial charge on any atom is -0.341 e. The second-order valence-corrected chi connectivity index (χ2v) is 12.8. The van der Waals surface area contributed by atoms with E-state index in [0.717, 1.165) is 41.7 Å². The number of halogens is 2. The van der Waals surface area contributed by atoms with E-state index < -0.39 is 0 Å². The van der Waals surface area contributed by atoms with Crippen LogP contribution in [0.4, 0.5) is 0 Å². The number of thioether (sulfide) groups is 1. The molecule has 9 heteroatoms. The van der Waals surface area contributed by atoms with Crippen LogP contribution in [0.3, 0.4) is 0 Å². The molecule has 1 atom stereocenters. The molecule has 2 aromatic carbocycles. The fourth-order valence-electron chi connectivity index (χ4n) is 5.29. The molecular weight excluding hydrogens is 543 g/mol. The maximum Gasteiger partial charge on any atom is 0.255 e. The lowest BCUT2D eigenvalue weighted by molar-refractivity contribution is 0.0371. The zero-order valence-electron chi connectivity index (χ0n) is 20.8. The summed E-state index contributed by atoms with van der Waals surface area (Å²) in [6.07, 6.45) is 0.921. The van der Waals surface area contributed by atoms with Crippen molar-refractivity contribution in [1.29, 1.82) is 5.26 Å². The topological polar surface area (TPSA) is 50.6 Å². The second kappa shape index (κ2) is 11.9. The van der Waals surface area contributed by atoms with Crippen LogP contribution in [0.5, 0.6) is 0 Å². The van der Waals surface area contributed by atoms with Gasteiger partial charge in [0.05, 0.1) is 27.2 Å². The molecule has 5 rings (SSSR count). The predicted octanol–water partition coefficient (Wildman–Crippen LogP) is 6.06. The van der Waals surface area contributed by atoms with E-state index in [-0.39, 0.29) is 11.8 Å². The highest BCUT2D eigenvalue weighted by Crippen LogP contribution is 2.31. The number of hydrogen-bond donors (Lipinski definition) is 0. The molecule has 0 saturated carbocycles. The highest BCUT2D eigenvalue weighted by Gasteiger charge is 2.33. The fraction of sp³-hybridized carbons (Fsp3) is 0.429. The molecule has 0 bridgehead atoms. The summed E-state index contributed by atoms with van der Waals surface area (Å²) in [5.74, 6) is 2.53. The molecule has 3 aromatic rings. The van der Waals surface area contributed by atoms with Crippen molar-refractivity contribution in [1.82, 2.24) is 14.7 Å². The van der Waals surface area contributed by atoms with Crippen molar-refractivity contribution in [3.05, 3.63) is 68.5 Å². The molecule has 0 radical (unpaired) electrons. The first-order chi connectivity index (χ1) is 17.9. The Morgan fingerprint density at radius 1 is 1.16 bits per heavy atom. The molecular formula is C28H30Cl2N4OS2. The molecule has 5 nitrogen and oxygen atoms in total. The van der Waals surface area contributed by atoms with E-state index in [1.807, 2.05) is 42.8 Å². The Balaban J connectivity index is 1.29. The highest BCUT2D eigenvalue weighted by atomic mass is 35.5. The number of amides is 1. The van der Waals surface area contributed by atoms with Gasteiger partial charge in [0.15, 0.2) is 0 Å². The van der Waals surface area contributed by atoms with Crippen molar-refractivity contribution in [3.8, 4) is 6.07 Å². The Kier molecular flexibility index (Phi) is 8.65. The normalized spacial score (nSPS) is 17.9. The van der Waals surface area contributed by atoms with E-state index in [1.54, 1.807) is 11.0 Å². The average molecular weight is 574 g/mol. The molecule has 0 aliphatic carbocycles. The van der Waals surface area contributed by atoms with E-state index in [0.29, 0.717) is 33.8 Å². The van der Waals surface area contributed by atoms with Crippen LogP contribution in [0, 0.1) is 11.3 Å². The Labute approximate surface area is 236 Å². The molecule has 3 heterocycles. The minimum atomic E-state index is -0.0680. The molecule has 2 fully saturated rings. The van der Waals surface area contributed by atoms with Gasteiger partial charge in [0, 0.05) is 67.9 Å². The van der Waals surface area contributed by atoms with Gasteiger partial charge in [-0.25, -0.2) is 0 Å². The summed E-state index contributed by atoms with van der Waals surface area (Å²) >= 11 is 16.2. The van der Waals surface area contributed by atoms with Crippen LogP contribution < -0.4 is 0 Å². The van der Waals surface area contributed by atoms with Crippen molar-refractivity contribution >= 4 is 62.3 Å². The van der Waals surface area contributed by atoms with E-state index in [1.165, 1.54) is 35.9 Å². The summed E-state index contributed by atoms with van der Waals surface area (Å²) in [6, 6.07) is 14.2. The molecule has 0 spiro atoms. The lowest BCUT2D eigenvalue weighted by Crippen LogP contribution is -2.61. The van der Waals surface area contributed by atoms with Gasteiger partial charge in [0.1, 0.15) is 0 Å². The lowest BCUT2D eigenvalue weighted by atomic mass is 9.93. The highest BCUT2D eigenvalue weighted by molar-refractivity contribution is 7.99. The second-order valence-electron chi connectivity index (χ2n) is 9.88. The number of nitrogens with zero attached hydrogens (tertiary/aromatic N) is 4. The number of carbonyl (C=O) groups excluding carboxylic acids is 1. The number of benzene rings is 2. The van der Waals surface area contributed by atoms with Gasteiger partial charge < -0.3 is 9.80 Å². The van der Waals surface area contributed by atoms with Gasteiger partial charge >= 0.3 is 0 Å². The van der Waals surface area contributed by atoms with Crippen molar-refractivity contribution in [2.45, 2.75) is 18.4 Å². The predicted molar refractivity (Wildman–Crippen MR) is 156 cm³/mol. The summed E-state index contributed by atoms with van der Waals surface area (Å²) in [7, 11) is 1.85. The Morgan fingerprint density at radius 2 is 1.95 bits per heavy atom. The molecule has 37 heavy (non-hydrogen) atoms. The van der Waals surface area contributed by atoms with Crippen molar-refractivity contribution < 1.29 is 4.79 Å². The zero-order valence-corrected chi connectivity index (χ0v) is 24.0. The molecule has 1 unspecified atom stereocenters. The number of likely N-dealkylation sites (N-methyl/N-ethyl adjacent to an activating group) is 1. The van der Waals surface area contributed by atoms with Gasteiger partial charge in [-0.3, -0.25) is 9.69 Å². The molecule has 1 amide bonds. The number of fused-ring (bicyclic) bond motifs is 1. The molecule has 0 N–H and O–H groups in total. The van der Waals surface area contributed by atoms with E-state index in [2.05, 4.69) is 27.6 Å². The van der Waals surface area contributed by atoms with Gasteiger partial charge in [0.2, 0.25) is 0 Å². The fourth-order valence-corrected chi connectivity index (χ4v) is 7.42. The van der Waals surface area contributed by atoms with E-state index in [9.17, 15) is 10.1 Å². The van der Waals surface area contributed by atoms with Gasteiger partial charge in [-0.05, 0) is 59.6 Å². The first-order valence-corrected chi connectivity index (χ1v) is 15.4. The van der Waals surface area contributed by atoms with Crippen LogP contribution in [0.1, 0.15) is 33.8 Å². The van der Waals surface area contributed by atoms with Crippen LogP contribution in [-0.4, -0.2) is 84.5 Å². The van der Waals surface area contributed by atoms with Crippen molar-refractivity contribution in [2.24, 2.45) is 0 Å². The number of nitriles is 1. The first kappa shape index (κ1) is 26.8. The van der Waals surface area contributed by atoms with Crippen LogP contribution in [0.15, 0.2) is 41.8 Å². The van der Waals surface area contributed by atoms with Gasteiger partial charge in [0.25, 0.3) is 5.91 Å². The minimum absolute atomic E-state index is 0.0680. The number of thiophene rings is 1. The number of likely N-dealkylation sites (tertiary alicyclic amines) is 1. The molecule has 2 aliphatic rings. The summed E-state index contributed by atoms with van der Waals surface area (Å²) in [4.78, 5) is 20.5. The Hall–Kier alpha value is -1.79. The zero-order chi connectivity index (χ0) is 25.9. The lowest BCUT2D eigenvalue weighted by Gasteiger charge is -2.47. The summed E-state index contributed by atoms with van der Waals surface area (Å²) in [6.45, 7) is 6.17. The number of carbonyl (C=O) groups is 1. The largest absolute Gasteiger partial charge is 0.341 e. The van der Waals surface area contributed by atoms with E-state index >= 15 is 0 Å². The van der Waals surface area contributed by atoms with Gasteiger partial charge in [-0.15, -0.1) is 11.3 Å². The number of rotatable bonds is 8. The van der Waals surface area contributed by atoms with Crippen LogP contribution in [0.2, 0.25) is 10.0 Å². The first-order valence-electron chi connectivity index (χ1n) is 12.6. The van der Waals surface area contributed by atoms with E-state index in [4.69, 9.17) is 23.2 Å². The third-order valence-corrected chi connectivity index (χ3v) is 10.1. The SMILES string of the molecule is CN(CC(CCN1CC(N2CCSCC2)C1)c1ccc(Cl)c(Cl)c1)C(=O)c1cc(C#N)cc2ccsc12. The number of hydrogen-bond acceptors (Lipinski definition) is 6. The van der Waals surface area contributed by atoms with Crippen LogP contribution in [0.25, 0.3) is 10.1 Å². The molecule has 2 aliphatic heterocycles. The van der Waals surface area contributed by atoms with Crippen LogP contribution in [-0.2, 0) is 0 Å². The monoisotopic (exact) mass is 572 g/mol. The Morgan fingerprint density at radius 3 is 2.68 bits per heavy atom. The standard InChI is InChI=1S/C28H30Cl2N4OS2/c1-32(28(35)24-13-19(15-31)12-21-5-9-37-27(21)24)16-22(20-2-3-25(29)26(30)14-20)4-6-33-17-23(18-33)34-7-10-36-11-8-34/h2-3,5,9,12-14,22-23H,4,6-8,10-11,16-18H2,1H3. The smallest absolute Gasteiger partial charge is 0.255 e. The summed E-state index contributed by atoms with van der Waals surface area (Å²) in [5, 5.41) is 13.4. The van der Waals surface area contributed by atoms with Gasteiger partial charge in [-0.1, -0.05) is 29.3 Å². The summed E-state index contributed by atoms with van der Waals surface area (Å²) < 4.78 is 0.921. The molecule has 2 saturated heterocycles.